The maximum Gasteiger partial charge on any atom is 0.394 e. The van der Waals surface area contributed by atoms with Gasteiger partial charge in [0.25, 0.3) is 5.91 Å². The lowest BCUT2D eigenvalue weighted by Crippen LogP contribution is -2.41. The van der Waals surface area contributed by atoms with Gasteiger partial charge in [0, 0.05) is 18.9 Å². The smallest absolute Gasteiger partial charge is 0.394 e. The van der Waals surface area contributed by atoms with Crippen LogP contribution in [0.5, 0.6) is 5.75 Å². The normalized spacial score (nSPS) is 21.5. The molecular formula is C19H26F2N4O2. The minimum absolute atomic E-state index is 0.0213. The molecule has 1 aromatic carbocycles. The molecule has 2 aromatic rings. The molecule has 27 heavy (non-hydrogen) atoms. The van der Waals surface area contributed by atoms with Crippen LogP contribution in [-0.4, -0.2) is 53.3 Å². The first-order chi connectivity index (χ1) is 12.9. The maximum absolute atomic E-state index is 12.8. The number of hydrogen-bond donors (Lipinski definition) is 2. The number of H-pyrrole nitrogens is 1. The van der Waals surface area contributed by atoms with Crippen LogP contribution in [0.4, 0.5) is 8.78 Å². The highest BCUT2D eigenvalue weighted by atomic mass is 19.3. The summed E-state index contributed by atoms with van der Waals surface area (Å²) < 4.78 is 30.0. The molecule has 6 nitrogen and oxygen atoms in total. The number of aromatic amines is 1. The lowest BCUT2D eigenvalue weighted by molar-refractivity contribution is -0.158. The van der Waals surface area contributed by atoms with Crippen molar-refractivity contribution in [3.63, 3.8) is 0 Å². The fourth-order valence-electron chi connectivity index (χ4n) is 3.54. The summed E-state index contributed by atoms with van der Waals surface area (Å²) in [6, 6.07) is 4.28. The van der Waals surface area contributed by atoms with Crippen LogP contribution in [0.1, 0.15) is 43.6 Å². The third-order valence-corrected chi connectivity index (χ3v) is 4.94. The van der Waals surface area contributed by atoms with Gasteiger partial charge in [0.1, 0.15) is 5.75 Å². The average Bonchev–Trinajstić information content (AvgIpc) is 3.06. The number of alkyl halides is 2. The van der Waals surface area contributed by atoms with Gasteiger partial charge in [0.15, 0.2) is 5.69 Å². The van der Waals surface area contributed by atoms with Crippen LogP contribution in [0.3, 0.4) is 0 Å². The third kappa shape index (κ3) is 5.15. The summed E-state index contributed by atoms with van der Waals surface area (Å²) in [5.74, 6) is 0.723. The number of piperidine rings is 3. The first kappa shape index (κ1) is 19.5. The number of halogens is 2. The van der Waals surface area contributed by atoms with Crippen LogP contribution >= 0.6 is 0 Å². The predicted molar refractivity (Wildman–Crippen MR) is 99.1 cm³/mol. The first-order valence-corrected chi connectivity index (χ1v) is 9.41. The molecule has 1 aromatic heterocycles. The van der Waals surface area contributed by atoms with Crippen LogP contribution in [0.25, 0.3) is 10.9 Å². The zero-order valence-corrected chi connectivity index (χ0v) is 15.7. The van der Waals surface area contributed by atoms with Gasteiger partial charge in [-0.3, -0.25) is 9.89 Å². The molecule has 3 aliphatic heterocycles. The van der Waals surface area contributed by atoms with Gasteiger partial charge in [0.2, 0.25) is 0 Å². The summed E-state index contributed by atoms with van der Waals surface area (Å²) in [6.07, 6.45) is 1.18. The molecule has 2 bridgehead atoms. The molecule has 3 saturated heterocycles. The molecule has 0 saturated carbocycles. The van der Waals surface area contributed by atoms with Crippen LogP contribution in [-0.2, 0) is 0 Å². The van der Waals surface area contributed by atoms with E-state index in [4.69, 9.17) is 0 Å². The van der Waals surface area contributed by atoms with E-state index in [0.29, 0.717) is 24.4 Å². The Hall–Kier alpha value is -2.22. The Bertz CT molecular complexity index is 757. The van der Waals surface area contributed by atoms with Gasteiger partial charge < -0.3 is 15.0 Å². The van der Waals surface area contributed by atoms with Crippen molar-refractivity contribution in [3.8, 4) is 5.75 Å². The number of amides is 1. The van der Waals surface area contributed by atoms with Gasteiger partial charge in [0.05, 0.1) is 5.52 Å². The number of nitrogens with one attached hydrogen (secondary N) is 2. The van der Waals surface area contributed by atoms with Crippen LogP contribution < -0.4 is 10.1 Å². The number of rotatable bonds is 4. The number of fused-ring (bicyclic) bond motifs is 4. The average molecular weight is 380 g/mol. The summed E-state index contributed by atoms with van der Waals surface area (Å²) in [5, 5.41) is 9.57. The highest BCUT2D eigenvalue weighted by molar-refractivity contribution is 6.04. The van der Waals surface area contributed by atoms with E-state index < -0.39 is 6.11 Å². The SMILES string of the molecule is C1CN2CCC1CC2.CCNC(=O)c1n[nH]c2ccc(OC(C)(F)F)cc12. The van der Waals surface area contributed by atoms with Gasteiger partial charge in [-0.25, -0.2) is 0 Å². The summed E-state index contributed by atoms with van der Waals surface area (Å²) in [4.78, 5) is 14.3. The van der Waals surface area contributed by atoms with E-state index in [-0.39, 0.29) is 17.4 Å². The number of benzene rings is 1. The fraction of sp³-hybridized carbons (Fsp3) is 0.579. The van der Waals surface area contributed by atoms with Crippen molar-refractivity contribution < 1.29 is 18.3 Å². The van der Waals surface area contributed by atoms with E-state index in [2.05, 4.69) is 25.2 Å². The minimum Gasteiger partial charge on any atom is -0.433 e. The zero-order valence-electron chi connectivity index (χ0n) is 15.7. The van der Waals surface area contributed by atoms with Gasteiger partial charge in [-0.1, -0.05) is 0 Å². The largest absolute Gasteiger partial charge is 0.433 e. The predicted octanol–water partition coefficient (Wildman–Crippen LogP) is 3.41. The van der Waals surface area contributed by atoms with Crippen molar-refractivity contribution in [2.24, 2.45) is 5.92 Å². The number of aromatic nitrogens is 2. The fourth-order valence-corrected chi connectivity index (χ4v) is 3.54. The summed E-state index contributed by atoms with van der Waals surface area (Å²) in [5.41, 5.74) is 0.731. The lowest BCUT2D eigenvalue weighted by Gasteiger charge is -2.38. The molecule has 4 heterocycles. The van der Waals surface area contributed by atoms with Crippen molar-refractivity contribution in [1.82, 2.24) is 20.4 Å². The Morgan fingerprint density at radius 1 is 1.33 bits per heavy atom. The monoisotopic (exact) mass is 380 g/mol. The molecule has 0 radical (unpaired) electrons. The van der Waals surface area contributed by atoms with Gasteiger partial charge in [-0.2, -0.15) is 13.9 Å². The van der Waals surface area contributed by atoms with E-state index in [9.17, 15) is 13.6 Å². The third-order valence-electron chi connectivity index (χ3n) is 4.94. The number of carbonyl (C=O) groups excluding carboxylic acids is 1. The van der Waals surface area contributed by atoms with E-state index in [1.54, 1.807) is 6.92 Å². The molecule has 8 heteroatoms. The number of carbonyl (C=O) groups is 1. The van der Waals surface area contributed by atoms with Crippen molar-refractivity contribution in [2.75, 3.05) is 26.2 Å². The van der Waals surface area contributed by atoms with Crippen LogP contribution in [0.2, 0.25) is 0 Å². The second kappa shape index (κ2) is 8.21. The molecule has 0 unspecified atom stereocenters. The summed E-state index contributed by atoms with van der Waals surface area (Å²) in [6.45, 7) is 7.06. The lowest BCUT2D eigenvalue weighted by atomic mass is 9.89. The quantitative estimate of drug-likeness (QED) is 0.853. The summed E-state index contributed by atoms with van der Waals surface area (Å²) in [7, 11) is 0. The minimum atomic E-state index is -3.27. The van der Waals surface area contributed by atoms with E-state index in [1.165, 1.54) is 57.1 Å². The van der Waals surface area contributed by atoms with Crippen molar-refractivity contribution in [1.29, 1.82) is 0 Å². The van der Waals surface area contributed by atoms with Gasteiger partial charge in [-0.15, -0.1) is 0 Å². The molecule has 1 amide bonds. The second-order valence-electron chi connectivity index (χ2n) is 7.12. The highest BCUT2D eigenvalue weighted by Gasteiger charge is 2.25. The Balaban J connectivity index is 0.000000216. The van der Waals surface area contributed by atoms with Gasteiger partial charge >= 0.3 is 6.11 Å². The van der Waals surface area contributed by atoms with Crippen molar-refractivity contribution >= 4 is 16.8 Å². The van der Waals surface area contributed by atoms with E-state index in [0.717, 1.165) is 5.92 Å². The summed E-state index contributed by atoms with van der Waals surface area (Å²) >= 11 is 0. The molecule has 148 valence electrons. The number of ether oxygens (including phenoxy) is 1. The van der Waals surface area contributed by atoms with Crippen LogP contribution in [0, 0.1) is 5.92 Å². The molecule has 0 spiro atoms. The molecule has 5 rings (SSSR count). The van der Waals surface area contributed by atoms with E-state index >= 15 is 0 Å². The highest BCUT2D eigenvalue weighted by Crippen LogP contribution is 2.27. The second-order valence-corrected chi connectivity index (χ2v) is 7.12. The van der Waals surface area contributed by atoms with Gasteiger partial charge in [-0.05, 0) is 69.9 Å². The van der Waals surface area contributed by atoms with E-state index in [1.807, 2.05) is 0 Å². The molecule has 0 aliphatic carbocycles. The Kier molecular flexibility index (Phi) is 5.94. The molecule has 2 N–H and O–H groups in total. The van der Waals surface area contributed by atoms with Crippen molar-refractivity contribution in [2.45, 2.75) is 39.2 Å². The molecular weight excluding hydrogens is 354 g/mol. The molecule has 3 fully saturated rings. The Labute approximate surface area is 157 Å². The topological polar surface area (TPSA) is 70.2 Å². The molecule has 0 atom stereocenters. The standard InChI is InChI=1S/C12H13F2N3O2.C7H13N/c1-3-15-11(18)10-8-6-7(19-12(2,13)14)4-5-9(8)16-17-10;1-4-8-5-2-7(1)3-6-8/h4-6H,3H2,1-2H3,(H,15,18)(H,16,17);7H,1-6H2. The first-order valence-electron chi connectivity index (χ1n) is 9.41. The number of nitrogens with zero attached hydrogens (tertiary/aromatic N) is 2. The van der Waals surface area contributed by atoms with Crippen LogP contribution in [0.15, 0.2) is 18.2 Å². The maximum atomic E-state index is 12.8. The number of hydrogen-bond acceptors (Lipinski definition) is 4. The Morgan fingerprint density at radius 2 is 2.00 bits per heavy atom. The van der Waals surface area contributed by atoms with Crippen molar-refractivity contribution in [3.05, 3.63) is 23.9 Å². The zero-order chi connectivity index (χ0) is 19.4. The Morgan fingerprint density at radius 3 is 2.48 bits per heavy atom. The molecule has 3 aliphatic rings.